The quantitative estimate of drug-likeness (QED) is 0.704. The lowest BCUT2D eigenvalue weighted by Gasteiger charge is -2.37. The number of para-hydroxylation sites is 2. The van der Waals surface area contributed by atoms with Crippen molar-refractivity contribution in [2.24, 2.45) is 0 Å². The predicted molar refractivity (Wildman–Crippen MR) is 110 cm³/mol. The number of carbonyl (C=O) groups excluding carboxylic acids is 1. The fourth-order valence-electron chi connectivity index (χ4n) is 3.32. The van der Waals surface area contributed by atoms with Crippen LogP contribution in [0, 0.1) is 0 Å². The molecule has 1 fully saturated rings. The fourth-order valence-corrected chi connectivity index (χ4v) is 3.32. The van der Waals surface area contributed by atoms with E-state index in [2.05, 4.69) is 26.2 Å². The second-order valence-electron chi connectivity index (χ2n) is 6.65. The second kappa shape index (κ2) is 9.94. The summed E-state index contributed by atoms with van der Waals surface area (Å²) >= 11 is 0. The first-order chi connectivity index (χ1) is 13.7. The van der Waals surface area contributed by atoms with Gasteiger partial charge in [-0.25, -0.2) is 4.98 Å². The SMILES string of the molecule is COCCCNC(=O)c1ccnc(N2CCN(c3ccccc3OC)CC2)c1. The van der Waals surface area contributed by atoms with Crippen LogP contribution in [0.2, 0.25) is 0 Å². The number of benzene rings is 1. The first-order valence-corrected chi connectivity index (χ1v) is 9.59. The summed E-state index contributed by atoms with van der Waals surface area (Å²) < 4.78 is 10.5. The van der Waals surface area contributed by atoms with Gasteiger partial charge in [0.2, 0.25) is 0 Å². The van der Waals surface area contributed by atoms with Gasteiger partial charge < -0.3 is 24.6 Å². The maximum absolute atomic E-state index is 12.3. The third kappa shape index (κ3) is 4.92. The number of nitrogens with one attached hydrogen (secondary N) is 1. The van der Waals surface area contributed by atoms with E-state index in [0.717, 1.165) is 49.9 Å². The zero-order valence-electron chi connectivity index (χ0n) is 16.6. The number of hydrogen-bond donors (Lipinski definition) is 1. The van der Waals surface area contributed by atoms with Crippen molar-refractivity contribution >= 4 is 17.4 Å². The molecule has 150 valence electrons. The monoisotopic (exact) mass is 384 g/mol. The molecule has 28 heavy (non-hydrogen) atoms. The van der Waals surface area contributed by atoms with Gasteiger partial charge in [-0.15, -0.1) is 0 Å². The Labute approximate surface area is 166 Å². The van der Waals surface area contributed by atoms with Crippen LogP contribution in [0.4, 0.5) is 11.5 Å². The van der Waals surface area contributed by atoms with Crippen LogP contribution in [-0.2, 0) is 4.74 Å². The highest BCUT2D eigenvalue weighted by Gasteiger charge is 2.21. The lowest BCUT2D eigenvalue weighted by atomic mass is 10.2. The number of rotatable bonds is 8. The zero-order chi connectivity index (χ0) is 19.8. The van der Waals surface area contributed by atoms with Crippen LogP contribution in [-0.4, -0.2) is 64.4 Å². The standard InChI is InChI=1S/C21H28N4O3/c1-27-15-5-9-23-21(26)17-8-10-22-20(16-17)25-13-11-24(12-14-25)18-6-3-4-7-19(18)28-2/h3-4,6-8,10,16H,5,9,11-15H2,1-2H3,(H,23,26). The number of methoxy groups -OCH3 is 2. The summed E-state index contributed by atoms with van der Waals surface area (Å²) in [4.78, 5) is 21.3. The van der Waals surface area contributed by atoms with E-state index in [1.165, 1.54) is 0 Å². The Morgan fingerprint density at radius 2 is 1.86 bits per heavy atom. The molecule has 0 atom stereocenters. The van der Waals surface area contributed by atoms with Crippen molar-refractivity contribution in [2.75, 3.05) is 63.4 Å². The molecule has 1 saturated heterocycles. The van der Waals surface area contributed by atoms with E-state index in [1.807, 2.05) is 24.3 Å². The minimum absolute atomic E-state index is 0.0765. The van der Waals surface area contributed by atoms with Crippen LogP contribution < -0.4 is 19.9 Å². The van der Waals surface area contributed by atoms with Gasteiger partial charge in [0.1, 0.15) is 11.6 Å². The van der Waals surface area contributed by atoms with Gasteiger partial charge in [0, 0.05) is 58.2 Å². The Morgan fingerprint density at radius 1 is 1.11 bits per heavy atom. The molecular formula is C21H28N4O3. The van der Waals surface area contributed by atoms with E-state index in [1.54, 1.807) is 26.5 Å². The molecule has 7 nitrogen and oxygen atoms in total. The normalized spacial score (nSPS) is 14.1. The van der Waals surface area contributed by atoms with E-state index in [-0.39, 0.29) is 5.91 Å². The zero-order valence-corrected chi connectivity index (χ0v) is 16.6. The third-order valence-corrected chi connectivity index (χ3v) is 4.85. The van der Waals surface area contributed by atoms with Crippen molar-refractivity contribution in [3.63, 3.8) is 0 Å². The molecule has 1 aromatic carbocycles. The van der Waals surface area contributed by atoms with E-state index in [0.29, 0.717) is 18.7 Å². The van der Waals surface area contributed by atoms with Gasteiger partial charge in [-0.2, -0.15) is 0 Å². The highest BCUT2D eigenvalue weighted by molar-refractivity contribution is 5.94. The molecule has 0 aliphatic carbocycles. The van der Waals surface area contributed by atoms with Crippen LogP contribution in [0.3, 0.4) is 0 Å². The average Bonchev–Trinajstić information content (AvgIpc) is 2.77. The molecule has 1 aliphatic heterocycles. The van der Waals surface area contributed by atoms with Gasteiger partial charge >= 0.3 is 0 Å². The van der Waals surface area contributed by atoms with E-state index < -0.39 is 0 Å². The molecule has 0 radical (unpaired) electrons. The van der Waals surface area contributed by atoms with E-state index in [9.17, 15) is 4.79 Å². The fraction of sp³-hybridized carbons (Fsp3) is 0.429. The third-order valence-electron chi connectivity index (χ3n) is 4.85. The van der Waals surface area contributed by atoms with Crippen molar-refractivity contribution in [3.05, 3.63) is 48.2 Å². The van der Waals surface area contributed by atoms with Crippen molar-refractivity contribution in [2.45, 2.75) is 6.42 Å². The Kier molecular flexibility index (Phi) is 7.08. The molecule has 2 heterocycles. The number of carbonyl (C=O) groups is 1. The number of nitrogens with zero attached hydrogens (tertiary/aromatic N) is 3. The first kappa shape index (κ1) is 19.9. The summed E-state index contributed by atoms with van der Waals surface area (Å²) in [6, 6.07) is 11.7. The van der Waals surface area contributed by atoms with Gasteiger partial charge in [-0.1, -0.05) is 12.1 Å². The van der Waals surface area contributed by atoms with Crippen LogP contribution in [0.5, 0.6) is 5.75 Å². The van der Waals surface area contributed by atoms with Crippen molar-refractivity contribution in [1.82, 2.24) is 10.3 Å². The first-order valence-electron chi connectivity index (χ1n) is 9.59. The van der Waals surface area contributed by atoms with Crippen LogP contribution in [0.1, 0.15) is 16.8 Å². The minimum atomic E-state index is -0.0765. The molecule has 0 spiro atoms. The van der Waals surface area contributed by atoms with Gasteiger partial charge in [0.25, 0.3) is 5.91 Å². The summed E-state index contributed by atoms with van der Waals surface area (Å²) in [6.45, 7) is 4.65. The maximum Gasteiger partial charge on any atom is 0.251 e. The number of anilines is 2. The number of pyridine rings is 1. The number of aromatic nitrogens is 1. The molecule has 0 saturated carbocycles. The van der Waals surface area contributed by atoms with Gasteiger partial charge in [0.05, 0.1) is 12.8 Å². The predicted octanol–water partition coefficient (Wildman–Crippen LogP) is 2.18. The number of hydrogen-bond acceptors (Lipinski definition) is 6. The van der Waals surface area contributed by atoms with Crippen LogP contribution in [0.15, 0.2) is 42.6 Å². The molecule has 7 heteroatoms. The van der Waals surface area contributed by atoms with Crippen LogP contribution >= 0.6 is 0 Å². The Bertz CT molecular complexity index is 776. The Morgan fingerprint density at radius 3 is 2.61 bits per heavy atom. The van der Waals surface area contributed by atoms with Crippen molar-refractivity contribution in [1.29, 1.82) is 0 Å². The summed E-state index contributed by atoms with van der Waals surface area (Å²) in [7, 11) is 3.36. The number of ether oxygens (including phenoxy) is 2. The minimum Gasteiger partial charge on any atom is -0.495 e. The average molecular weight is 384 g/mol. The number of amides is 1. The smallest absolute Gasteiger partial charge is 0.251 e. The Hall–Kier alpha value is -2.80. The van der Waals surface area contributed by atoms with Crippen LogP contribution in [0.25, 0.3) is 0 Å². The van der Waals surface area contributed by atoms with E-state index in [4.69, 9.17) is 9.47 Å². The molecule has 1 aromatic heterocycles. The molecular weight excluding hydrogens is 356 g/mol. The molecule has 1 N–H and O–H groups in total. The van der Waals surface area contributed by atoms with E-state index >= 15 is 0 Å². The maximum atomic E-state index is 12.3. The van der Waals surface area contributed by atoms with Gasteiger partial charge in [-0.3, -0.25) is 4.79 Å². The Balaban J connectivity index is 1.59. The summed E-state index contributed by atoms with van der Waals surface area (Å²) in [6.07, 6.45) is 2.50. The molecule has 3 rings (SSSR count). The highest BCUT2D eigenvalue weighted by Crippen LogP contribution is 2.29. The lowest BCUT2D eigenvalue weighted by molar-refractivity contribution is 0.0948. The molecule has 0 unspecified atom stereocenters. The molecule has 1 aliphatic rings. The number of piperazine rings is 1. The highest BCUT2D eigenvalue weighted by atomic mass is 16.5. The largest absolute Gasteiger partial charge is 0.495 e. The van der Waals surface area contributed by atoms with Gasteiger partial charge in [0.15, 0.2) is 0 Å². The second-order valence-corrected chi connectivity index (χ2v) is 6.65. The van der Waals surface area contributed by atoms with Crippen molar-refractivity contribution in [3.8, 4) is 5.75 Å². The lowest BCUT2D eigenvalue weighted by Crippen LogP contribution is -2.47. The van der Waals surface area contributed by atoms with Crippen molar-refractivity contribution < 1.29 is 14.3 Å². The molecule has 1 amide bonds. The topological polar surface area (TPSA) is 66.9 Å². The van der Waals surface area contributed by atoms with Gasteiger partial charge in [-0.05, 0) is 30.7 Å². The summed E-state index contributed by atoms with van der Waals surface area (Å²) in [5, 5.41) is 2.92. The summed E-state index contributed by atoms with van der Waals surface area (Å²) in [5.41, 5.74) is 1.75. The molecule has 0 bridgehead atoms. The summed E-state index contributed by atoms with van der Waals surface area (Å²) in [5.74, 6) is 1.65. The molecule has 2 aromatic rings.